The maximum Gasteiger partial charge on any atom is 0.338 e. The number of thiazole rings is 1. The van der Waals surface area contributed by atoms with E-state index < -0.39 is 16.9 Å². The van der Waals surface area contributed by atoms with Crippen molar-refractivity contribution in [2.24, 2.45) is 4.99 Å². The summed E-state index contributed by atoms with van der Waals surface area (Å²) in [7, 11) is 1.58. The first kappa shape index (κ1) is 33.2. The molecule has 0 spiro atoms. The van der Waals surface area contributed by atoms with Gasteiger partial charge in [0, 0.05) is 23.4 Å². The van der Waals surface area contributed by atoms with Gasteiger partial charge >= 0.3 is 5.97 Å². The Balaban J connectivity index is 1.49. The number of nitro benzene ring substituents is 1. The Hall–Kier alpha value is -6.33. The number of nitrogens with zero attached hydrogens (tertiary/aromatic N) is 4. The Morgan fingerprint density at radius 2 is 1.59 bits per heavy atom. The molecule has 11 heteroatoms. The zero-order valence-electron chi connectivity index (χ0n) is 28.0. The molecule has 1 aliphatic rings. The third kappa shape index (κ3) is 6.19. The zero-order valence-corrected chi connectivity index (χ0v) is 28.8. The van der Waals surface area contributed by atoms with Crippen molar-refractivity contribution < 1.29 is 19.2 Å². The van der Waals surface area contributed by atoms with E-state index in [1.807, 2.05) is 84.9 Å². The van der Waals surface area contributed by atoms with E-state index in [1.165, 1.54) is 23.5 Å². The highest BCUT2D eigenvalue weighted by atomic mass is 32.1. The molecular formula is C40H32N4O6S. The van der Waals surface area contributed by atoms with Gasteiger partial charge in [0.05, 0.1) is 51.9 Å². The van der Waals surface area contributed by atoms with Crippen LogP contribution in [-0.4, -0.2) is 33.7 Å². The SMILES string of the molecule is CCOC(=O)C1=C(C)N=c2s/c(=C\c3cc(-c4ccccc4)n(-c4ccc([N+](=O)[O-])cc4)c3-c3ccccc3)c(=O)n2[C@H]1c1ccc(OC)cc1. The normalized spacial score (nSPS) is 14.2. The summed E-state index contributed by atoms with van der Waals surface area (Å²) in [5.74, 6) is 0.109. The van der Waals surface area contributed by atoms with E-state index in [1.54, 1.807) is 49.8 Å². The van der Waals surface area contributed by atoms with Crippen LogP contribution in [0.25, 0.3) is 34.3 Å². The molecule has 1 atom stereocenters. The minimum atomic E-state index is -0.772. The largest absolute Gasteiger partial charge is 0.497 e. The Morgan fingerprint density at radius 3 is 2.20 bits per heavy atom. The number of non-ortho nitro benzene ring substituents is 1. The van der Waals surface area contributed by atoms with Crippen molar-refractivity contribution in [1.82, 2.24) is 9.13 Å². The molecule has 0 radical (unpaired) electrons. The molecule has 0 fully saturated rings. The Labute approximate surface area is 296 Å². The van der Waals surface area contributed by atoms with Crippen LogP contribution in [0.15, 0.2) is 136 Å². The first-order valence-corrected chi connectivity index (χ1v) is 17.1. The maximum atomic E-state index is 14.6. The number of esters is 1. The van der Waals surface area contributed by atoms with Crippen molar-refractivity contribution in [2.75, 3.05) is 13.7 Å². The van der Waals surface area contributed by atoms with Gasteiger partial charge in [0.2, 0.25) is 0 Å². The first-order valence-electron chi connectivity index (χ1n) is 16.2. The van der Waals surface area contributed by atoms with Crippen LogP contribution in [-0.2, 0) is 9.53 Å². The number of aromatic nitrogens is 2. The molecule has 7 rings (SSSR count). The molecule has 0 saturated carbocycles. The van der Waals surface area contributed by atoms with Gasteiger partial charge in [0.1, 0.15) is 5.75 Å². The molecule has 2 aromatic heterocycles. The summed E-state index contributed by atoms with van der Waals surface area (Å²) in [6, 6.07) is 34.6. The smallest absolute Gasteiger partial charge is 0.338 e. The molecule has 0 unspecified atom stereocenters. The summed E-state index contributed by atoms with van der Waals surface area (Å²) in [5, 5.41) is 11.5. The van der Waals surface area contributed by atoms with Crippen molar-refractivity contribution in [1.29, 1.82) is 0 Å². The van der Waals surface area contributed by atoms with E-state index in [0.29, 0.717) is 37.6 Å². The van der Waals surface area contributed by atoms with Crippen molar-refractivity contribution in [2.45, 2.75) is 19.9 Å². The maximum absolute atomic E-state index is 14.6. The number of benzene rings is 4. The molecule has 0 saturated heterocycles. The Bertz CT molecular complexity index is 2480. The van der Waals surface area contributed by atoms with Crippen LogP contribution >= 0.6 is 11.3 Å². The Morgan fingerprint density at radius 1 is 0.941 bits per heavy atom. The predicted molar refractivity (Wildman–Crippen MR) is 197 cm³/mol. The van der Waals surface area contributed by atoms with Crippen molar-refractivity contribution in [3.8, 4) is 34.0 Å². The molecule has 0 aliphatic carbocycles. The summed E-state index contributed by atoms with van der Waals surface area (Å²) in [6.45, 7) is 3.67. The van der Waals surface area contributed by atoms with E-state index in [-0.39, 0.29) is 17.9 Å². The summed E-state index contributed by atoms with van der Waals surface area (Å²) in [5.41, 5.74) is 6.06. The van der Waals surface area contributed by atoms with E-state index in [4.69, 9.17) is 14.5 Å². The lowest BCUT2D eigenvalue weighted by atomic mass is 9.96. The lowest BCUT2D eigenvalue weighted by Crippen LogP contribution is -2.39. The lowest BCUT2D eigenvalue weighted by Gasteiger charge is -2.24. The summed E-state index contributed by atoms with van der Waals surface area (Å²) < 4.78 is 14.9. The molecule has 0 amide bonds. The first-order chi connectivity index (χ1) is 24.8. The van der Waals surface area contributed by atoms with Crippen LogP contribution in [0.5, 0.6) is 5.75 Å². The molecule has 1 aliphatic heterocycles. The second kappa shape index (κ2) is 13.9. The minimum absolute atomic E-state index is 0.0151. The standard InChI is InChI=1S/C40H32N4O6S/c1-4-50-39(46)35-25(2)41-40-43(37(35)28-15-21-32(49-3)22-16-28)38(45)34(51-40)24-29-23-33(26-11-7-5-8-12-26)42(36(29)27-13-9-6-10-14-27)30-17-19-31(20-18-30)44(47)48/h5-24,37H,4H2,1-3H3/b34-24-/t37-/m0/s1. The monoisotopic (exact) mass is 696 g/mol. The number of ether oxygens (including phenoxy) is 2. The molecule has 0 bridgehead atoms. The highest BCUT2D eigenvalue weighted by Gasteiger charge is 2.33. The molecular weight excluding hydrogens is 665 g/mol. The lowest BCUT2D eigenvalue weighted by molar-refractivity contribution is -0.384. The summed E-state index contributed by atoms with van der Waals surface area (Å²) >= 11 is 1.24. The van der Waals surface area contributed by atoms with Gasteiger partial charge in [-0.1, -0.05) is 84.1 Å². The number of hydrogen-bond donors (Lipinski definition) is 0. The third-order valence-corrected chi connectivity index (χ3v) is 9.68. The van der Waals surface area contributed by atoms with Gasteiger partial charge in [-0.2, -0.15) is 0 Å². The highest BCUT2D eigenvalue weighted by Crippen LogP contribution is 2.37. The molecule has 3 heterocycles. The second-order valence-electron chi connectivity index (χ2n) is 11.7. The average Bonchev–Trinajstić information content (AvgIpc) is 3.68. The van der Waals surface area contributed by atoms with Gasteiger partial charge in [0.25, 0.3) is 11.2 Å². The molecule has 51 heavy (non-hydrogen) atoms. The quantitative estimate of drug-likeness (QED) is 0.0929. The number of rotatable bonds is 9. The van der Waals surface area contributed by atoms with Crippen LogP contribution in [0.1, 0.15) is 31.0 Å². The number of fused-ring (bicyclic) bond motifs is 1. The van der Waals surface area contributed by atoms with Gasteiger partial charge in [-0.15, -0.1) is 0 Å². The van der Waals surface area contributed by atoms with Crippen molar-refractivity contribution >= 4 is 29.1 Å². The number of allylic oxidation sites excluding steroid dienone is 1. The topological polar surface area (TPSA) is 118 Å². The van der Waals surface area contributed by atoms with Gasteiger partial charge < -0.3 is 14.0 Å². The van der Waals surface area contributed by atoms with Gasteiger partial charge in [0.15, 0.2) is 4.80 Å². The molecule has 10 nitrogen and oxygen atoms in total. The summed E-state index contributed by atoms with van der Waals surface area (Å²) in [6.07, 6.45) is 1.86. The fourth-order valence-electron chi connectivity index (χ4n) is 6.38. The van der Waals surface area contributed by atoms with Crippen LogP contribution in [0.2, 0.25) is 0 Å². The van der Waals surface area contributed by atoms with Crippen LogP contribution < -0.4 is 19.6 Å². The third-order valence-electron chi connectivity index (χ3n) is 8.70. The van der Waals surface area contributed by atoms with Crippen molar-refractivity contribution in [3.63, 3.8) is 0 Å². The van der Waals surface area contributed by atoms with Gasteiger partial charge in [-0.3, -0.25) is 19.5 Å². The number of nitro groups is 1. The fourth-order valence-corrected chi connectivity index (χ4v) is 7.42. The minimum Gasteiger partial charge on any atom is -0.497 e. The predicted octanol–water partition coefficient (Wildman–Crippen LogP) is 6.84. The molecule has 0 N–H and O–H groups in total. The van der Waals surface area contributed by atoms with Crippen LogP contribution in [0, 0.1) is 10.1 Å². The van der Waals surface area contributed by atoms with Gasteiger partial charge in [-0.25, -0.2) is 9.79 Å². The highest BCUT2D eigenvalue weighted by molar-refractivity contribution is 7.07. The van der Waals surface area contributed by atoms with Crippen LogP contribution in [0.4, 0.5) is 5.69 Å². The molecule has 4 aromatic carbocycles. The van der Waals surface area contributed by atoms with E-state index in [2.05, 4.69) is 4.57 Å². The number of carbonyl (C=O) groups is 1. The molecule has 6 aromatic rings. The fraction of sp³-hybridized carbons (Fsp3) is 0.125. The average molecular weight is 697 g/mol. The van der Waals surface area contributed by atoms with Crippen LogP contribution in [0.3, 0.4) is 0 Å². The van der Waals surface area contributed by atoms with E-state index in [0.717, 1.165) is 28.1 Å². The number of methoxy groups -OCH3 is 1. The molecule has 254 valence electrons. The number of carbonyl (C=O) groups excluding carboxylic acids is 1. The Kier molecular flexibility index (Phi) is 9.03. The summed E-state index contributed by atoms with van der Waals surface area (Å²) in [4.78, 5) is 44.2. The zero-order chi connectivity index (χ0) is 35.6. The van der Waals surface area contributed by atoms with Crippen molar-refractivity contribution in [3.05, 3.63) is 167 Å². The number of hydrogen-bond acceptors (Lipinski definition) is 8. The van der Waals surface area contributed by atoms with Gasteiger partial charge in [-0.05, 0) is 66.9 Å². The van der Waals surface area contributed by atoms with E-state index in [9.17, 15) is 19.7 Å². The second-order valence-corrected chi connectivity index (χ2v) is 12.8. The van der Waals surface area contributed by atoms with E-state index >= 15 is 0 Å².